The normalized spacial score (nSPS) is 14.5. The zero-order chi connectivity index (χ0) is 22.3. The fraction of sp³-hybridized carbons (Fsp3) is 0.375. The molecular weight excluding hydrogens is 406 g/mol. The summed E-state index contributed by atoms with van der Waals surface area (Å²) < 4.78 is 11.1. The number of hydrogen-bond acceptors (Lipinski definition) is 6. The van der Waals surface area contributed by atoms with Gasteiger partial charge in [-0.05, 0) is 36.4 Å². The molecule has 0 saturated carbocycles. The number of anilines is 1. The standard InChI is InChI=1S/C24H29N5O3/c1-18(2)22-26-23(32-27-22)19-8-10-20(11-9-19)25-24(30)29-14-12-28(13-15-29)16-17-31-21-6-4-3-5-7-21/h3-11,18H,12-17H2,1-2H3,(H,25,30). The molecule has 3 aromatic rings. The van der Waals surface area contributed by atoms with Crippen LogP contribution in [0.5, 0.6) is 5.75 Å². The van der Waals surface area contributed by atoms with Crippen molar-refractivity contribution in [3.8, 4) is 17.2 Å². The Kier molecular flexibility index (Phi) is 7.01. The average Bonchev–Trinajstić information content (AvgIpc) is 3.31. The lowest BCUT2D eigenvalue weighted by atomic mass is 10.2. The van der Waals surface area contributed by atoms with Gasteiger partial charge in [0.25, 0.3) is 5.89 Å². The molecule has 2 aromatic carbocycles. The number of carbonyl (C=O) groups is 1. The second kappa shape index (κ2) is 10.3. The van der Waals surface area contributed by atoms with E-state index in [1.807, 2.05) is 73.3 Å². The molecule has 0 spiro atoms. The second-order valence-corrected chi connectivity index (χ2v) is 8.11. The Morgan fingerprint density at radius 3 is 2.44 bits per heavy atom. The van der Waals surface area contributed by atoms with Crippen molar-refractivity contribution in [3.05, 3.63) is 60.4 Å². The molecule has 1 fully saturated rings. The van der Waals surface area contributed by atoms with E-state index in [1.165, 1.54) is 0 Å². The summed E-state index contributed by atoms with van der Waals surface area (Å²) in [5, 5.41) is 6.96. The highest BCUT2D eigenvalue weighted by Crippen LogP contribution is 2.22. The molecule has 0 radical (unpaired) electrons. The van der Waals surface area contributed by atoms with Gasteiger partial charge in [0.1, 0.15) is 12.4 Å². The zero-order valence-corrected chi connectivity index (χ0v) is 18.5. The third-order valence-corrected chi connectivity index (χ3v) is 5.42. The molecule has 2 heterocycles. The van der Waals surface area contributed by atoms with Gasteiger partial charge in [-0.15, -0.1) is 0 Å². The first-order valence-electron chi connectivity index (χ1n) is 11.0. The summed E-state index contributed by atoms with van der Waals surface area (Å²) in [4.78, 5) is 21.2. The number of carbonyl (C=O) groups excluding carboxylic acids is 1. The third kappa shape index (κ3) is 5.64. The fourth-order valence-corrected chi connectivity index (χ4v) is 3.47. The van der Waals surface area contributed by atoms with Crippen LogP contribution in [0.3, 0.4) is 0 Å². The Labute approximate surface area is 188 Å². The first-order valence-corrected chi connectivity index (χ1v) is 11.0. The van der Waals surface area contributed by atoms with Crippen molar-refractivity contribution in [1.82, 2.24) is 19.9 Å². The monoisotopic (exact) mass is 435 g/mol. The number of nitrogens with zero attached hydrogens (tertiary/aromatic N) is 4. The molecule has 2 amide bonds. The molecule has 1 saturated heterocycles. The van der Waals surface area contributed by atoms with Crippen LogP contribution in [0.1, 0.15) is 25.6 Å². The Hall–Kier alpha value is -3.39. The number of rotatable bonds is 7. The smallest absolute Gasteiger partial charge is 0.321 e. The molecular formula is C24H29N5O3. The number of aromatic nitrogens is 2. The van der Waals surface area contributed by atoms with E-state index >= 15 is 0 Å². The van der Waals surface area contributed by atoms with E-state index in [0.29, 0.717) is 31.4 Å². The third-order valence-electron chi connectivity index (χ3n) is 5.42. The quantitative estimate of drug-likeness (QED) is 0.602. The number of ether oxygens (including phenoxy) is 1. The van der Waals surface area contributed by atoms with Crippen LogP contribution < -0.4 is 10.1 Å². The number of nitrogens with one attached hydrogen (secondary N) is 1. The highest BCUT2D eigenvalue weighted by atomic mass is 16.5. The average molecular weight is 436 g/mol. The summed E-state index contributed by atoms with van der Waals surface area (Å²) in [7, 11) is 0. The second-order valence-electron chi connectivity index (χ2n) is 8.11. The molecule has 168 valence electrons. The molecule has 0 aliphatic carbocycles. The minimum atomic E-state index is -0.0854. The molecule has 8 heteroatoms. The molecule has 32 heavy (non-hydrogen) atoms. The highest BCUT2D eigenvalue weighted by Gasteiger charge is 2.21. The predicted molar refractivity (Wildman–Crippen MR) is 123 cm³/mol. The molecule has 1 aromatic heterocycles. The molecule has 0 bridgehead atoms. The molecule has 1 aliphatic rings. The van der Waals surface area contributed by atoms with Gasteiger partial charge in [-0.25, -0.2) is 4.79 Å². The van der Waals surface area contributed by atoms with Crippen LogP contribution in [0.2, 0.25) is 0 Å². The summed E-state index contributed by atoms with van der Waals surface area (Å²) in [6.07, 6.45) is 0. The van der Waals surface area contributed by atoms with Gasteiger partial charge in [-0.3, -0.25) is 4.90 Å². The van der Waals surface area contributed by atoms with E-state index in [2.05, 4.69) is 20.4 Å². The maximum atomic E-state index is 12.6. The van der Waals surface area contributed by atoms with Crippen molar-refractivity contribution < 1.29 is 14.1 Å². The van der Waals surface area contributed by atoms with Crippen molar-refractivity contribution in [2.45, 2.75) is 19.8 Å². The largest absolute Gasteiger partial charge is 0.492 e. The summed E-state index contributed by atoms with van der Waals surface area (Å²) in [5.41, 5.74) is 1.56. The van der Waals surface area contributed by atoms with Crippen molar-refractivity contribution in [2.75, 3.05) is 44.6 Å². The van der Waals surface area contributed by atoms with Crippen LogP contribution in [0, 0.1) is 0 Å². The van der Waals surface area contributed by atoms with Gasteiger partial charge in [0.15, 0.2) is 5.82 Å². The van der Waals surface area contributed by atoms with Gasteiger partial charge in [-0.1, -0.05) is 37.2 Å². The number of amides is 2. The fourth-order valence-electron chi connectivity index (χ4n) is 3.47. The highest BCUT2D eigenvalue weighted by molar-refractivity contribution is 5.89. The van der Waals surface area contributed by atoms with Crippen LogP contribution in [0.4, 0.5) is 10.5 Å². The number of para-hydroxylation sites is 1. The topological polar surface area (TPSA) is 83.7 Å². The van der Waals surface area contributed by atoms with Crippen LogP contribution in [-0.2, 0) is 0 Å². The van der Waals surface area contributed by atoms with Gasteiger partial charge in [0, 0.05) is 49.9 Å². The van der Waals surface area contributed by atoms with E-state index in [9.17, 15) is 4.79 Å². The number of hydrogen-bond donors (Lipinski definition) is 1. The molecule has 0 atom stereocenters. The molecule has 4 rings (SSSR count). The predicted octanol–water partition coefficient (Wildman–Crippen LogP) is 4.09. The summed E-state index contributed by atoms with van der Waals surface area (Å²) in [5.74, 6) is 2.26. The van der Waals surface area contributed by atoms with E-state index in [-0.39, 0.29) is 11.9 Å². The Balaban J connectivity index is 1.21. The van der Waals surface area contributed by atoms with E-state index in [0.717, 1.165) is 36.6 Å². The van der Waals surface area contributed by atoms with Crippen molar-refractivity contribution >= 4 is 11.7 Å². The van der Waals surface area contributed by atoms with Gasteiger partial charge >= 0.3 is 6.03 Å². The number of urea groups is 1. The minimum Gasteiger partial charge on any atom is -0.492 e. The van der Waals surface area contributed by atoms with Gasteiger partial charge in [-0.2, -0.15) is 4.98 Å². The Morgan fingerprint density at radius 2 is 1.78 bits per heavy atom. The van der Waals surface area contributed by atoms with Crippen molar-refractivity contribution in [3.63, 3.8) is 0 Å². The van der Waals surface area contributed by atoms with Gasteiger partial charge < -0.3 is 19.5 Å². The molecule has 8 nitrogen and oxygen atoms in total. The SMILES string of the molecule is CC(C)c1noc(-c2ccc(NC(=O)N3CCN(CCOc4ccccc4)CC3)cc2)n1. The summed E-state index contributed by atoms with van der Waals surface area (Å²) >= 11 is 0. The lowest BCUT2D eigenvalue weighted by molar-refractivity contribution is 0.132. The zero-order valence-electron chi connectivity index (χ0n) is 18.5. The minimum absolute atomic E-state index is 0.0854. The van der Waals surface area contributed by atoms with E-state index in [1.54, 1.807) is 0 Å². The van der Waals surface area contributed by atoms with E-state index < -0.39 is 0 Å². The van der Waals surface area contributed by atoms with Crippen LogP contribution in [0.15, 0.2) is 59.1 Å². The summed E-state index contributed by atoms with van der Waals surface area (Å²) in [6, 6.07) is 17.2. The maximum Gasteiger partial charge on any atom is 0.321 e. The number of piperazine rings is 1. The summed E-state index contributed by atoms with van der Waals surface area (Å²) in [6.45, 7) is 8.57. The molecule has 1 N–H and O–H groups in total. The van der Waals surface area contributed by atoms with Crippen LogP contribution in [-0.4, -0.2) is 65.3 Å². The first-order chi connectivity index (χ1) is 15.6. The van der Waals surface area contributed by atoms with E-state index in [4.69, 9.17) is 9.26 Å². The number of benzene rings is 2. The maximum absolute atomic E-state index is 12.6. The molecule has 1 aliphatic heterocycles. The van der Waals surface area contributed by atoms with Crippen molar-refractivity contribution in [2.24, 2.45) is 0 Å². The first kappa shape index (κ1) is 21.8. The Morgan fingerprint density at radius 1 is 1.06 bits per heavy atom. The van der Waals surface area contributed by atoms with Gasteiger partial charge in [0.2, 0.25) is 0 Å². The Bertz CT molecular complexity index is 996. The van der Waals surface area contributed by atoms with Crippen LogP contribution >= 0.6 is 0 Å². The van der Waals surface area contributed by atoms with Crippen LogP contribution in [0.25, 0.3) is 11.5 Å². The van der Waals surface area contributed by atoms with Gasteiger partial charge in [0.05, 0.1) is 0 Å². The van der Waals surface area contributed by atoms with Crippen molar-refractivity contribution in [1.29, 1.82) is 0 Å². The lowest BCUT2D eigenvalue weighted by Gasteiger charge is -2.34. The lowest BCUT2D eigenvalue weighted by Crippen LogP contribution is -2.50. The molecule has 0 unspecified atom stereocenters.